The molecule has 0 saturated carbocycles. The van der Waals surface area contributed by atoms with Crippen molar-refractivity contribution in [3.05, 3.63) is 76.3 Å². The Kier molecular flexibility index (Phi) is 9.05. The zero-order valence-electron chi connectivity index (χ0n) is 25.1. The van der Waals surface area contributed by atoms with Gasteiger partial charge in [-0.1, -0.05) is 24.6 Å². The molecule has 3 aliphatic rings. The van der Waals surface area contributed by atoms with Gasteiger partial charge in [-0.3, -0.25) is 9.88 Å². The number of aryl methyl sites for hydroxylation is 1. The van der Waals surface area contributed by atoms with Crippen molar-refractivity contribution in [1.82, 2.24) is 19.8 Å². The van der Waals surface area contributed by atoms with Crippen LogP contribution in [0.1, 0.15) is 60.9 Å². The molecule has 3 fully saturated rings. The van der Waals surface area contributed by atoms with Crippen molar-refractivity contribution in [2.75, 3.05) is 55.7 Å². The van der Waals surface area contributed by atoms with Crippen molar-refractivity contribution in [3.63, 3.8) is 0 Å². The molecule has 2 unspecified atom stereocenters. The van der Waals surface area contributed by atoms with Crippen LogP contribution in [0, 0.1) is 19.8 Å². The van der Waals surface area contributed by atoms with E-state index in [0.29, 0.717) is 5.11 Å². The molecule has 0 radical (unpaired) electrons. The van der Waals surface area contributed by atoms with E-state index in [9.17, 15) is 0 Å². The topological polar surface area (TPSA) is 48.8 Å². The lowest BCUT2D eigenvalue weighted by atomic mass is 9.96. The molecule has 42 heavy (non-hydrogen) atoms. The summed E-state index contributed by atoms with van der Waals surface area (Å²) in [7, 11) is 0. The molecule has 0 bridgehead atoms. The third kappa shape index (κ3) is 6.05. The molecule has 1 aromatic carbocycles. The number of hydrogen-bond donors (Lipinski definition) is 1. The third-order valence-electron chi connectivity index (χ3n) is 9.32. The molecule has 2 aromatic heterocycles. The van der Waals surface area contributed by atoms with Gasteiger partial charge < -0.3 is 24.4 Å². The van der Waals surface area contributed by atoms with E-state index in [0.717, 1.165) is 86.9 Å². The summed E-state index contributed by atoms with van der Waals surface area (Å²) >= 11 is 13.0. The van der Waals surface area contributed by atoms with Crippen LogP contribution in [0.3, 0.4) is 0 Å². The number of nitrogens with one attached hydrogen (secondary N) is 1. The highest BCUT2D eigenvalue weighted by atomic mass is 35.5. The van der Waals surface area contributed by atoms with E-state index in [1.807, 2.05) is 18.3 Å². The van der Waals surface area contributed by atoms with Crippen LogP contribution < -0.4 is 15.1 Å². The fraction of sp³-hybridized carbons (Fsp3) is 0.515. The van der Waals surface area contributed by atoms with Crippen LogP contribution in [0.4, 0.5) is 11.4 Å². The summed E-state index contributed by atoms with van der Waals surface area (Å²) in [5.74, 6) is 0.773. The van der Waals surface area contributed by atoms with E-state index in [2.05, 4.69) is 75.7 Å². The van der Waals surface area contributed by atoms with Crippen LogP contribution in [0.15, 0.2) is 48.7 Å². The molecule has 0 amide bonds. The van der Waals surface area contributed by atoms with Gasteiger partial charge in [-0.2, -0.15) is 0 Å². The second-order valence-corrected chi connectivity index (χ2v) is 12.9. The number of morpholine rings is 1. The third-order valence-corrected chi connectivity index (χ3v) is 9.94. The minimum absolute atomic E-state index is 0.0515. The Bertz CT molecular complexity index is 1380. The molecule has 6 rings (SSSR count). The fourth-order valence-electron chi connectivity index (χ4n) is 6.85. The number of hydrogen-bond acceptors (Lipinski definition) is 5. The van der Waals surface area contributed by atoms with Gasteiger partial charge >= 0.3 is 0 Å². The first-order valence-corrected chi connectivity index (χ1v) is 16.2. The maximum atomic E-state index is 6.99. The maximum absolute atomic E-state index is 6.99. The quantitative estimate of drug-likeness (QED) is 0.303. The number of aromatic nitrogens is 2. The van der Waals surface area contributed by atoms with Gasteiger partial charge in [0.05, 0.1) is 41.7 Å². The van der Waals surface area contributed by atoms with Gasteiger partial charge in [0.1, 0.15) is 0 Å². The zero-order chi connectivity index (χ0) is 29.2. The highest BCUT2D eigenvalue weighted by Crippen LogP contribution is 2.45. The van der Waals surface area contributed by atoms with Crippen LogP contribution in [-0.4, -0.2) is 65.5 Å². The Hall–Kier alpha value is -2.65. The molecule has 1 N–H and O–H groups in total. The molecule has 0 spiro atoms. The monoisotopic (exact) mass is 606 g/mol. The van der Waals surface area contributed by atoms with E-state index in [4.69, 9.17) is 33.5 Å². The lowest BCUT2D eigenvalue weighted by Gasteiger charge is -2.33. The van der Waals surface area contributed by atoms with Crippen LogP contribution in [0.2, 0.25) is 5.02 Å². The number of rotatable bonds is 8. The fourth-order valence-corrected chi connectivity index (χ4v) is 7.49. The molecule has 2 atom stereocenters. The average Bonchev–Trinajstić information content (AvgIpc) is 3.49. The van der Waals surface area contributed by atoms with Crippen molar-refractivity contribution < 1.29 is 4.74 Å². The van der Waals surface area contributed by atoms with Gasteiger partial charge in [-0.25, -0.2) is 0 Å². The first kappa shape index (κ1) is 29.4. The Balaban J connectivity index is 1.31. The van der Waals surface area contributed by atoms with Crippen molar-refractivity contribution in [2.45, 2.75) is 58.7 Å². The lowest BCUT2D eigenvalue weighted by molar-refractivity contribution is 0.0369. The molecular weight excluding hydrogens is 564 g/mol. The van der Waals surface area contributed by atoms with Crippen molar-refractivity contribution in [3.8, 4) is 0 Å². The molecule has 224 valence electrons. The van der Waals surface area contributed by atoms with Gasteiger partial charge in [0.2, 0.25) is 0 Å². The maximum Gasteiger partial charge on any atom is 0.174 e. The Morgan fingerprint density at radius 1 is 1.02 bits per heavy atom. The van der Waals surface area contributed by atoms with E-state index >= 15 is 0 Å². The van der Waals surface area contributed by atoms with Gasteiger partial charge in [0.15, 0.2) is 5.11 Å². The van der Waals surface area contributed by atoms with Gasteiger partial charge in [0.25, 0.3) is 0 Å². The summed E-state index contributed by atoms with van der Waals surface area (Å²) < 4.78 is 8.00. The number of halogens is 1. The minimum Gasteiger partial charge on any atom is -0.379 e. The van der Waals surface area contributed by atoms with E-state index in [-0.39, 0.29) is 12.1 Å². The van der Waals surface area contributed by atoms with Gasteiger partial charge in [-0.05, 0) is 93.2 Å². The molecular formula is C33H43ClN6OS. The molecule has 5 heterocycles. The van der Waals surface area contributed by atoms with Gasteiger partial charge in [-0.15, -0.1) is 0 Å². The number of ether oxygens (including phenoxy) is 1. The van der Waals surface area contributed by atoms with Crippen molar-refractivity contribution in [1.29, 1.82) is 0 Å². The minimum atomic E-state index is -0.0805. The Morgan fingerprint density at radius 2 is 1.81 bits per heavy atom. The highest BCUT2D eigenvalue weighted by molar-refractivity contribution is 7.80. The SMILES string of the molecule is Cc1cc(C2C(c3ccccn3)NC(=S)N2c2ccc(N3CCC(C)CC3)c(Cl)c2)c(C)n1CCCN1CCOCC1. The first-order chi connectivity index (χ1) is 20.4. The number of piperidine rings is 1. The Morgan fingerprint density at radius 3 is 2.52 bits per heavy atom. The van der Waals surface area contributed by atoms with Crippen LogP contribution in [0.5, 0.6) is 0 Å². The predicted molar refractivity (Wildman–Crippen MR) is 176 cm³/mol. The molecule has 7 nitrogen and oxygen atoms in total. The Labute approximate surface area is 260 Å². The van der Waals surface area contributed by atoms with Crippen molar-refractivity contribution >= 4 is 40.3 Å². The number of nitrogens with zero attached hydrogens (tertiary/aromatic N) is 5. The molecule has 3 saturated heterocycles. The number of pyridine rings is 1. The molecule has 9 heteroatoms. The number of anilines is 2. The lowest BCUT2D eigenvalue weighted by Crippen LogP contribution is -2.37. The summed E-state index contributed by atoms with van der Waals surface area (Å²) in [5, 5.41) is 5.10. The van der Waals surface area contributed by atoms with E-state index in [1.165, 1.54) is 29.8 Å². The first-order valence-electron chi connectivity index (χ1n) is 15.4. The summed E-state index contributed by atoms with van der Waals surface area (Å²) in [4.78, 5) is 11.9. The summed E-state index contributed by atoms with van der Waals surface area (Å²) in [6.45, 7) is 14.7. The summed E-state index contributed by atoms with van der Waals surface area (Å²) in [6, 6.07) is 14.8. The predicted octanol–water partition coefficient (Wildman–Crippen LogP) is 6.29. The van der Waals surface area contributed by atoms with Crippen LogP contribution in [-0.2, 0) is 11.3 Å². The number of thiocarbonyl (C=S) groups is 1. The number of benzene rings is 1. The average molecular weight is 607 g/mol. The zero-order valence-corrected chi connectivity index (χ0v) is 26.6. The van der Waals surface area contributed by atoms with Crippen LogP contribution in [0.25, 0.3) is 0 Å². The van der Waals surface area contributed by atoms with Crippen molar-refractivity contribution in [2.24, 2.45) is 5.92 Å². The largest absolute Gasteiger partial charge is 0.379 e. The second-order valence-electron chi connectivity index (χ2n) is 12.1. The second kappa shape index (κ2) is 12.9. The van der Waals surface area contributed by atoms with E-state index < -0.39 is 0 Å². The normalized spacial score (nSPS) is 22.1. The van der Waals surface area contributed by atoms with E-state index in [1.54, 1.807) is 0 Å². The highest BCUT2D eigenvalue weighted by Gasteiger charge is 2.42. The molecule has 3 aromatic rings. The van der Waals surface area contributed by atoms with Gasteiger partial charge in [0, 0.05) is 62.5 Å². The summed E-state index contributed by atoms with van der Waals surface area (Å²) in [5.41, 5.74) is 6.92. The van der Waals surface area contributed by atoms with Crippen LogP contribution >= 0.6 is 23.8 Å². The standard InChI is InChI=1S/C33H43ClN6OS/c1-23-10-15-38(16-11-23)30-9-8-26(22-28(30)34)40-32(31(36-33(40)42)29-7-4-5-12-35-29)27-21-24(2)39(25(27)3)14-6-13-37-17-19-41-20-18-37/h4-5,7-9,12,21-23,31-32H,6,10-11,13-20H2,1-3H3,(H,36,42). The molecule has 0 aliphatic carbocycles. The molecule has 3 aliphatic heterocycles. The smallest absolute Gasteiger partial charge is 0.174 e. The summed E-state index contributed by atoms with van der Waals surface area (Å²) in [6.07, 6.45) is 5.37.